The van der Waals surface area contributed by atoms with Crippen molar-refractivity contribution in [3.8, 4) is 0 Å². The van der Waals surface area contributed by atoms with Crippen molar-refractivity contribution in [1.82, 2.24) is 19.4 Å². The first kappa shape index (κ1) is 21.9. The number of nitrogens with zero attached hydrogens (tertiary/aromatic N) is 5. The molecule has 0 radical (unpaired) electrons. The Kier molecular flexibility index (Phi) is 6.16. The highest BCUT2D eigenvalue weighted by molar-refractivity contribution is 5.77. The van der Waals surface area contributed by atoms with Gasteiger partial charge in [0.1, 0.15) is 5.65 Å². The molecule has 1 amide bonds. The molecule has 1 saturated heterocycles. The predicted octanol–water partition coefficient (Wildman–Crippen LogP) is 4.84. The molecule has 2 aromatic heterocycles. The molecule has 174 valence electrons. The fourth-order valence-corrected chi connectivity index (χ4v) is 4.68. The van der Waals surface area contributed by atoms with Crippen LogP contribution >= 0.6 is 0 Å². The Morgan fingerprint density at radius 1 is 1.00 bits per heavy atom. The van der Waals surface area contributed by atoms with Crippen LogP contribution in [0.2, 0.25) is 0 Å². The maximum absolute atomic E-state index is 11.6. The van der Waals surface area contributed by atoms with Gasteiger partial charge in [-0.25, -0.2) is 4.98 Å². The van der Waals surface area contributed by atoms with Crippen LogP contribution in [-0.4, -0.2) is 51.5 Å². The van der Waals surface area contributed by atoms with E-state index in [4.69, 9.17) is 4.98 Å². The Morgan fingerprint density at radius 2 is 1.74 bits per heavy atom. The third-order valence-electron chi connectivity index (χ3n) is 6.58. The molecule has 2 aromatic carbocycles. The van der Waals surface area contributed by atoms with E-state index in [0.29, 0.717) is 5.95 Å². The van der Waals surface area contributed by atoms with E-state index in [1.54, 1.807) is 6.92 Å². The summed E-state index contributed by atoms with van der Waals surface area (Å²) in [6.07, 6.45) is 4.95. The van der Waals surface area contributed by atoms with Gasteiger partial charge in [0.2, 0.25) is 11.9 Å². The summed E-state index contributed by atoms with van der Waals surface area (Å²) in [5.41, 5.74) is 4.30. The van der Waals surface area contributed by atoms with Gasteiger partial charge in [-0.05, 0) is 42.3 Å². The average Bonchev–Trinajstić information content (AvgIpc) is 3.29. The summed E-state index contributed by atoms with van der Waals surface area (Å²) in [6, 6.07) is 21.2. The lowest BCUT2D eigenvalue weighted by Gasteiger charge is -2.35. The van der Waals surface area contributed by atoms with Crippen LogP contribution in [-0.2, 0) is 4.79 Å². The number of hydrogen-bond acceptors (Lipinski definition) is 5. The first-order chi connectivity index (χ1) is 16.6. The minimum Gasteiger partial charge on any atom is -0.368 e. The lowest BCUT2D eigenvalue weighted by Crippen LogP contribution is -2.48. The number of aromatic nitrogens is 3. The van der Waals surface area contributed by atoms with Gasteiger partial charge in [-0.1, -0.05) is 37.3 Å². The molecule has 1 N–H and O–H groups in total. The summed E-state index contributed by atoms with van der Waals surface area (Å²) in [6.45, 7) is 7.07. The van der Waals surface area contributed by atoms with E-state index in [1.807, 2.05) is 17.2 Å². The number of benzene rings is 2. The summed E-state index contributed by atoms with van der Waals surface area (Å²) in [4.78, 5) is 25.2. The van der Waals surface area contributed by atoms with Crippen molar-refractivity contribution in [3.05, 3.63) is 78.6 Å². The molecule has 7 nitrogen and oxygen atoms in total. The second-order valence-corrected chi connectivity index (χ2v) is 8.70. The van der Waals surface area contributed by atoms with Gasteiger partial charge in [0, 0.05) is 62.3 Å². The van der Waals surface area contributed by atoms with Crippen molar-refractivity contribution in [2.24, 2.45) is 0 Å². The van der Waals surface area contributed by atoms with Crippen LogP contribution in [0.3, 0.4) is 0 Å². The third-order valence-corrected chi connectivity index (χ3v) is 6.58. The van der Waals surface area contributed by atoms with Crippen LogP contribution < -0.4 is 10.2 Å². The average molecular weight is 455 g/mol. The molecule has 1 unspecified atom stereocenters. The predicted molar refractivity (Wildman–Crippen MR) is 137 cm³/mol. The van der Waals surface area contributed by atoms with E-state index in [0.717, 1.165) is 55.0 Å². The van der Waals surface area contributed by atoms with Gasteiger partial charge in [0.05, 0.1) is 6.04 Å². The highest BCUT2D eigenvalue weighted by atomic mass is 16.2. The normalized spacial score (nSPS) is 14.9. The van der Waals surface area contributed by atoms with Gasteiger partial charge in [-0.15, -0.1) is 0 Å². The second kappa shape index (κ2) is 9.55. The van der Waals surface area contributed by atoms with Crippen molar-refractivity contribution in [1.29, 1.82) is 0 Å². The van der Waals surface area contributed by atoms with E-state index in [9.17, 15) is 4.79 Å². The molecule has 5 rings (SSSR count). The Labute approximate surface area is 200 Å². The molecule has 0 bridgehead atoms. The lowest BCUT2D eigenvalue weighted by molar-refractivity contribution is -0.129. The first-order valence-corrected chi connectivity index (χ1v) is 11.9. The quantitative estimate of drug-likeness (QED) is 0.451. The molecule has 7 heteroatoms. The van der Waals surface area contributed by atoms with Crippen LogP contribution in [0.25, 0.3) is 11.0 Å². The zero-order valence-corrected chi connectivity index (χ0v) is 19.7. The Bertz CT molecular complexity index is 1260. The van der Waals surface area contributed by atoms with Crippen LogP contribution in [0, 0.1) is 0 Å². The number of hydrogen-bond donors (Lipinski definition) is 1. The van der Waals surface area contributed by atoms with Crippen LogP contribution in [0.1, 0.15) is 31.9 Å². The van der Waals surface area contributed by atoms with E-state index < -0.39 is 0 Å². The molecule has 0 aliphatic carbocycles. The minimum atomic E-state index is 0.149. The summed E-state index contributed by atoms with van der Waals surface area (Å²) < 4.78 is 2.24. The van der Waals surface area contributed by atoms with E-state index in [2.05, 4.69) is 87.5 Å². The van der Waals surface area contributed by atoms with Gasteiger partial charge in [-0.2, -0.15) is 4.98 Å². The van der Waals surface area contributed by atoms with Crippen molar-refractivity contribution in [2.75, 3.05) is 36.4 Å². The number of anilines is 3. The van der Waals surface area contributed by atoms with Gasteiger partial charge in [0.15, 0.2) is 0 Å². The van der Waals surface area contributed by atoms with Crippen molar-refractivity contribution < 1.29 is 4.79 Å². The second-order valence-electron chi connectivity index (χ2n) is 8.70. The molecule has 0 spiro atoms. The van der Waals surface area contributed by atoms with Crippen molar-refractivity contribution >= 4 is 34.3 Å². The molecule has 1 atom stereocenters. The Hall–Kier alpha value is -3.87. The molecule has 0 saturated carbocycles. The van der Waals surface area contributed by atoms with E-state index >= 15 is 0 Å². The van der Waals surface area contributed by atoms with Gasteiger partial charge in [0.25, 0.3) is 0 Å². The highest BCUT2D eigenvalue weighted by Gasteiger charge is 2.19. The summed E-state index contributed by atoms with van der Waals surface area (Å²) in [5.74, 6) is 0.731. The number of piperazine rings is 1. The lowest BCUT2D eigenvalue weighted by atomic mass is 10.0. The zero-order chi connectivity index (χ0) is 23.5. The van der Waals surface area contributed by atoms with Gasteiger partial charge < -0.3 is 19.7 Å². The number of rotatable bonds is 6. The van der Waals surface area contributed by atoms with Crippen molar-refractivity contribution in [3.63, 3.8) is 0 Å². The first-order valence-electron chi connectivity index (χ1n) is 11.9. The molecular formula is C27H30N6O. The number of nitrogens with one attached hydrogen (secondary N) is 1. The largest absolute Gasteiger partial charge is 0.368 e. The monoisotopic (exact) mass is 454 g/mol. The number of amides is 1. The minimum absolute atomic E-state index is 0.149. The van der Waals surface area contributed by atoms with E-state index in [1.165, 1.54) is 5.56 Å². The molecule has 1 fully saturated rings. The zero-order valence-electron chi connectivity index (χ0n) is 19.7. The van der Waals surface area contributed by atoms with Gasteiger partial charge >= 0.3 is 0 Å². The third kappa shape index (κ3) is 4.46. The Morgan fingerprint density at radius 3 is 2.41 bits per heavy atom. The standard InChI is InChI=1S/C27H30N6O/c1-3-25(21-7-5-4-6-8-21)33-14-13-22-19-28-27(30-26(22)33)29-23-9-11-24(12-10-23)32-17-15-31(16-18-32)20(2)34/h4-14,19,25H,3,15-18H2,1-2H3,(H,28,29,30). The summed E-state index contributed by atoms with van der Waals surface area (Å²) in [7, 11) is 0. The van der Waals surface area contributed by atoms with E-state index in [-0.39, 0.29) is 11.9 Å². The molecular weight excluding hydrogens is 424 g/mol. The molecule has 4 aromatic rings. The molecule has 3 heterocycles. The van der Waals surface area contributed by atoms with Crippen LogP contribution in [0.5, 0.6) is 0 Å². The smallest absolute Gasteiger partial charge is 0.229 e. The van der Waals surface area contributed by atoms with Crippen LogP contribution in [0.4, 0.5) is 17.3 Å². The van der Waals surface area contributed by atoms with Gasteiger partial charge in [-0.3, -0.25) is 4.79 Å². The fraction of sp³-hybridized carbons (Fsp3) is 0.296. The number of carbonyl (C=O) groups excluding carboxylic acids is 1. The molecule has 1 aliphatic rings. The maximum Gasteiger partial charge on any atom is 0.229 e. The Balaban J connectivity index is 1.32. The maximum atomic E-state index is 11.6. The molecule has 1 aliphatic heterocycles. The summed E-state index contributed by atoms with van der Waals surface area (Å²) >= 11 is 0. The topological polar surface area (TPSA) is 66.3 Å². The molecule has 34 heavy (non-hydrogen) atoms. The SMILES string of the molecule is CCC(c1ccccc1)n1ccc2cnc(Nc3ccc(N4CCN(C(C)=O)CC4)cc3)nc21. The van der Waals surface area contributed by atoms with Crippen molar-refractivity contribution in [2.45, 2.75) is 26.3 Å². The highest BCUT2D eigenvalue weighted by Crippen LogP contribution is 2.28. The van der Waals surface area contributed by atoms with Crippen LogP contribution in [0.15, 0.2) is 73.1 Å². The summed E-state index contributed by atoms with van der Waals surface area (Å²) in [5, 5.41) is 4.38. The number of fused-ring (bicyclic) bond motifs is 1. The number of carbonyl (C=O) groups is 1. The fourth-order valence-electron chi connectivity index (χ4n) is 4.68.